The molecule has 1 unspecified atom stereocenters. The van der Waals surface area contributed by atoms with E-state index in [0.717, 1.165) is 5.69 Å². The highest BCUT2D eigenvalue weighted by atomic mass is 16.4. The first kappa shape index (κ1) is 20.4. The Labute approximate surface area is 160 Å². The summed E-state index contributed by atoms with van der Waals surface area (Å²) in [5, 5.41) is 30.3. The Balaban J connectivity index is 0.000000200. The van der Waals surface area contributed by atoms with Gasteiger partial charge >= 0.3 is 17.9 Å². The van der Waals surface area contributed by atoms with Crippen LogP contribution < -0.4 is 5.73 Å². The number of para-hydroxylation sites is 1. The lowest BCUT2D eigenvalue weighted by Crippen LogP contribution is -2.30. The van der Waals surface area contributed by atoms with Crippen molar-refractivity contribution in [1.29, 1.82) is 0 Å². The van der Waals surface area contributed by atoms with Crippen molar-refractivity contribution < 1.29 is 29.7 Å². The van der Waals surface area contributed by atoms with Gasteiger partial charge < -0.3 is 21.1 Å². The average molecular weight is 385 g/mol. The summed E-state index contributed by atoms with van der Waals surface area (Å²) in [6, 6.07) is 9.36. The summed E-state index contributed by atoms with van der Waals surface area (Å²) in [6.07, 6.45) is 5.42. The molecule has 1 aliphatic rings. The molecule has 0 aliphatic heterocycles. The molecule has 0 radical (unpaired) electrons. The number of carboxylic acid groups (broad SMARTS) is 3. The Kier molecular flexibility index (Phi) is 5.99. The average Bonchev–Trinajstić information content (AvgIpc) is 3.12. The van der Waals surface area contributed by atoms with Crippen LogP contribution in [0.15, 0.2) is 66.1 Å². The number of aromatic carboxylic acids is 1. The molecule has 0 spiro atoms. The Morgan fingerprint density at radius 2 is 1.75 bits per heavy atom. The lowest BCUT2D eigenvalue weighted by molar-refractivity contribution is -0.145. The van der Waals surface area contributed by atoms with E-state index >= 15 is 0 Å². The number of benzene rings is 1. The Morgan fingerprint density at radius 1 is 1.11 bits per heavy atom. The van der Waals surface area contributed by atoms with Crippen LogP contribution >= 0.6 is 0 Å². The number of hydrogen-bond acceptors (Lipinski definition) is 5. The van der Waals surface area contributed by atoms with Gasteiger partial charge in [0.25, 0.3) is 0 Å². The van der Waals surface area contributed by atoms with Crippen molar-refractivity contribution in [2.75, 3.05) is 0 Å². The molecule has 146 valence electrons. The molecule has 5 N–H and O–H groups in total. The number of carboxylic acids is 3. The van der Waals surface area contributed by atoms with E-state index in [-0.39, 0.29) is 23.3 Å². The maximum absolute atomic E-state index is 10.9. The van der Waals surface area contributed by atoms with E-state index in [0.29, 0.717) is 0 Å². The molecular weight excluding hydrogens is 366 g/mol. The molecule has 1 atom stereocenters. The largest absolute Gasteiger partial charge is 0.481 e. The van der Waals surface area contributed by atoms with E-state index in [1.54, 1.807) is 0 Å². The molecule has 0 fully saturated rings. The fourth-order valence-corrected chi connectivity index (χ4v) is 2.54. The van der Waals surface area contributed by atoms with E-state index in [2.05, 4.69) is 5.10 Å². The van der Waals surface area contributed by atoms with Crippen LogP contribution in [0.4, 0.5) is 0 Å². The summed E-state index contributed by atoms with van der Waals surface area (Å²) in [7, 11) is 0. The SMILES string of the molecule is CC1(C(=O)O)C=C(N)C=C(C(=O)O)C1.O=C(O)c1cnn(-c2ccccc2)c1. The minimum atomic E-state index is -1.22. The lowest BCUT2D eigenvalue weighted by Gasteiger charge is -2.24. The fourth-order valence-electron chi connectivity index (χ4n) is 2.54. The van der Waals surface area contributed by atoms with E-state index in [4.69, 9.17) is 21.1 Å². The topological polar surface area (TPSA) is 156 Å². The van der Waals surface area contributed by atoms with Crippen LogP contribution in [-0.2, 0) is 9.59 Å². The number of hydrogen-bond donors (Lipinski definition) is 4. The molecule has 0 bridgehead atoms. The van der Waals surface area contributed by atoms with Crippen LogP contribution in [0.1, 0.15) is 23.7 Å². The molecule has 1 heterocycles. The number of aliphatic carboxylic acids is 2. The second kappa shape index (κ2) is 8.21. The predicted molar refractivity (Wildman–Crippen MR) is 98.9 cm³/mol. The number of aromatic nitrogens is 2. The molecule has 9 heteroatoms. The number of rotatable bonds is 4. The number of allylic oxidation sites excluding steroid dienone is 1. The standard InChI is InChI=1S/C10H8N2O2.C9H11NO4/c13-10(14)8-6-11-12(7-8)9-4-2-1-3-5-9;1-9(8(13)14)3-5(7(11)12)2-6(10)4-9/h1-7H,(H,13,14);2,4H,3,10H2,1H3,(H,11,12)(H,13,14). The molecule has 3 rings (SSSR count). The monoisotopic (exact) mass is 385 g/mol. The van der Waals surface area contributed by atoms with E-state index in [1.807, 2.05) is 30.3 Å². The van der Waals surface area contributed by atoms with Crippen LogP contribution in [-0.4, -0.2) is 43.0 Å². The Morgan fingerprint density at radius 3 is 2.25 bits per heavy atom. The molecule has 28 heavy (non-hydrogen) atoms. The zero-order valence-electron chi connectivity index (χ0n) is 14.9. The van der Waals surface area contributed by atoms with Gasteiger partial charge in [0, 0.05) is 17.5 Å². The summed E-state index contributed by atoms with van der Waals surface area (Å²) in [6.45, 7) is 1.44. The third-order valence-electron chi connectivity index (χ3n) is 4.00. The molecule has 1 aromatic carbocycles. The van der Waals surface area contributed by atoms with Gasteiger partial charge in [-0.2, -0.15) is 5.10 Å². The molecule has 1 aromatic heterocycles. The summed E-state index contributed by atoms with van der Waals surface area (Å²) in [4.78, 5) is 32.1. The molecule has 2 aromatic rings. The number of nitrogens with zero attached hydrogens (tertiary/aromatic N) is 2. The highest BCUT2D eigenvalue weighted by molar-refractivity contribution is 5.90. The van der Waals surface area contributed by atoms with E-state index in [1.165, 1.54) is 36.2 Å². The van der Waals surface area contributed by atoms with E-state index < -0.39 is 23.3 Å². The van der Waals surface area contributed by atoms with Crippen LogP contribution in [0.25, 0.3) is 5.69 Å². The van der Waals surface area contributed by atoms with Gasteiger partial charge in [0.15, 0.2) is 0 Å². The van der Waals surface area contributed by atoms with Crippen molar-refractivity contribution in [3.05, 3.63) is 71.7 Å². The molecule has 0 saturated carbocycles. The third kappa shape index (κ3) is 4.85. The van der Waals surface area contributed by atoms with Gasteiger partial charge in [-0.05, 0) is 37.6 Å². The van der Waals surface area contributed by atoms with Crippen molar-refractivity contribution in [3.8, 4) is 5.69 Å². The van der Waals surface area contributed by atoms with Gasteiger partial charge in [-0.25, -0.2) is 14.3 Å². The highest BCUT2D eigenvalue weighted by Crippen LogP contribution is 2.32. The van der Waals surface area contributed by atoms with Gasteiger partial charge in [0.2, 0.25) is 0 Å². The quantitative estimate of drug-likeness (QED) is 0.622. The van der Waals surface area contributed by atoms with Gasteiger partial charge in [-0.1, -0.05) is 18.2 Å². The normalized spacial score (nSPS) is 18.2. The summed E-state index contributed by atoms with van der Waals surface area (Å²) in [5.41, 5.74) is 5.46. The highest BCUT2D eigenvalue weighted by Gasteiger charge is 2.36. The predicted octanol–water partition coefficient (Wildman–Crippen LogP) is 1.91. The summed E-state index contributed by atoms with van der Waals surface area (Å²) < 4.78 is 1.53. The molecular formula is C19H19N3O6. The first-order valence-electron chi connectivity index (χ1n) is 8.11. The van der Waals surface area contributed by atoms with Crippen molar-refractivity contribution in [3.63, 3.8) is 0 Å². The van der Waals surface area contributed by atoms with Crippen molar-refractivity contribution in [1.82, 2.24) is 9.78 Å². The maximum atomic E-state index is 10.9. The zero-order valence-corrected chi connectivity index (χ0v) is 14.9. The first-order valence-corrected chi connectivity index (χ1v) is 8.11. The van der Waals surface area contributed by atoms with Gasteiger partial charge in [-0.3, -0.25) is 4.79 Å². The third-order valence-corrected chi connectivity index (χ3v) is 4.00. The zero-order chi connectivity index (χ0) is 20.9. The second-order valence-corrected chi connectivity index (χ2v) is 6.33. The van der Waals surface area contributed by atoms with E-state index in [9.17, 15) is 14.4 Å². The van der Waals surface area contributed by atoms with Crippen molar-refractivity contribution in [2.24, 2.45) is 11.1 Å². The molecule has 0 amide bonds. The molecule has 1 aliphatic carbocycles. The van der Waals surface area contributed by atoms with Crippen LogP contribution in [0.5, 0.6) is 0 Å². The number of nitrogens with two attached hydrogens (primary N) is 1. The molecule has 0 saturated heterocycles. The minimum absolute atomic E-state index is 0.0231. The molecule has 9 nitrogen and oxygen atoms in total. The minimum Gasteiger partial charge on any atom is -0.481 e. The summed E-state index contributed by atoms with van der Waals surface area (Å²) >= 11 is 0. The smallest absolute Gasteiger partial charge is 0.338 e. The van der Waals surface area contributed by atoms with Gasteiger partial charge in [-0.15, -0.1) is 0 Å². The first-order chi connectivity index (χ1) is 13.1. The van der Waals surface area contributed by atoms with Crippen LogP contribution in [0.2, 0.25) is 0 Å². The summed E-state index contributed by atoms with van der Waals surface area (Å²) in [5.74, 6) is -3.17. The van der Waals surface area contributed by atoms with Gasteiger partial charge in [0.05, 0.1) is 22.9 Å². The number of carbonyl (C=O) groups is 3. The van der Waals surface area contributed by atoms with Crippen molar-refractivity contribution >= 4 is 17.9 Å². The lowest BCUT2D eigenvalue weighted by atomic mass is 9.79. The van der Waals surface area contributed by atoms with Gasteiger partial charge in [0.1, 0.15) is 0 Å². The maximum Gasteiger partial charge on any atom is 0.338 e. The fraction of sp³-hybridized carbons (Fsp3) is 0.158. The second-order valence-electron chi connectivity index (χ2n) is 6.33. The van der Waals surface area contributed by atoms with Crippen LogP contribution in [0, 0.1) is 5.41 Å². The Hall–Kier alpha value is -3.88. The van der Waals surface area contributed by atoms with Crippen LogP contribution in [0.3, 0.4) is 0 Å². The van der Waals surface area contributed by atoms with Crippen molar-refractivity contribution in [2.45, 2.75) is 13.3 Å². The Bertz CT molecular complexity index is 961.